The SMILES string of the molecule is CC(C)=CC(=O)C1OC(=O)[C@H](C)[C@@H](O[Si](C)(C)C(C)(C)C)[C@@H](C)[C@H]1O. The Morgan fingerprint density at radius 2 is 1.76 bits per heavy atom. The molecule has 5 atom stereocenters. The molecule has 0 aromatic heterocycles. The summed E-state index contributed by atoms with van der Waals surface area (Å²) >= 11 is 0. The number of ketones is 1. The summed E-state index contributed by atoms with van der Waals surface area (Å²) < 4.78 is 11.8. The molecule has 1 saturated heterocycles. The first-order chi connectivity index (χ1) is 11.2. The van der Waals surface area contributed by atoms with Crippen LogP contribution in [-0.2, 0) is 18.8 Å². The van der Waals surface area contributed by atoms with Gasteiger partial charge in [-0.05, 0) is 45.0 Å². The van der Waals surface area contributed by atoms with Crippen molar-refractivity contribution >= 4 is 20.1 Å². The maximum Gasteiger partial charge on any atom is 0.312 e. The molecule has 25 heavy (non-hydrogen) atoms. The summed E-state index contributed by atoms with van der Waals surface area (Å²) in [5.41, 5.74) is 0.798. The molecule has 0 bridgehead atoms. The lowest BCUT2D eigenvalue weighted by Crippen LogP contribution is -2.50. The molecular formula is C19H34O5Si. The van der Waals surface area contributed by atoms with E-state index in [2.05, 4.69) is 33.9 Å². The van der Waals surface area contributed by atoms with Gasteiger partial charge in [-0.25, -0.2) is 0 Å². The van der Waals surface area contributed by atoms with Gasteiger partial charge in [0, 0.05) is 5.92 Å². The lowest BCUT2D eigenvalue weighted by molar-refractivity contribution is -0.161. The van der Waals surface area contributed by atoms with Crippen molar-refractivity contribution in [3.05, 3.63) is 11.6 Å². The van der Waals surface area contributed by atoms with Gasteiger partial charge in [0.25, 0.3) is 0 Å². The molecule has 144 valence electrons. The molecule has 5 nitrogen and oxygen atoms in total. The van der Waals surface area contributed by atoms with E-state index in [1.54, 1.807) is 20.8 Å². The zero-order valence-corrected chi connectivity index (χ0v) is 18.0. The molecule has 1 N–H and O–H groups in total. The maximum absolute atomic E-state index is 12.5. The van der Waals surface area contributed by atoms with Gasteiger partial charge in [0.15, 0.2) is 20.2 Å². The molecular weight excluding hydrogens is 336 g/mol. The Morgan fingerprint density at radius 3 is 2.20 bits per heavy atom. The number of aliphatic hydroxyl groups is 1. The van der Waals surface area contributed by atoms with Crippen molar-refractivity contribution in [2.45, 2.75) is 84.9 Å². The second-order valence-corrected chi connectivity index (χ2v) is 13.7. The second kappa shape index (κ2) is 7.72. The average Bonchev–Trinajstić information content (AvgIpc) is 2.51. The van der Waals surface area contributed by atoms with E-state index < -0.39 is 44.4 Å². The third kappa shape index (κ3) is 5.02. The fourth-order valence-corrected chi connectivity index (χ4v) is 4.13. The van der Waals surface area contributed by atoms with E-state index in [1.807, 2.05) is 6.92 Å². The minimum Gasteiger partial charge on any atom is -0.451 e. The molecule has 0 spiro atoms. The summed E-state index contributed by atoms with van der Waals surface area (Å²) in [7, 11) is -2.15. The second-order valence-electron chi connectivity index (χ2n) is 8.96. The highest BCUT2D eigenvalue weighted by molar-refractivity contribution is 6.74. The zero-order chi connectivity index (χ0) is 19.7. The quantitative estimate of drug-likeness (QED) is 0.466. The van der Waals surface area contributed by atoms with E-state index in [9.17, 15) is 14.7 Å². The Balaban J connectivity index is 3.17. The van der Waals surface area contributed by atoms with Crippen molar-refractivity contribution < 1.29 is 23.9 Å². The summed E-state index contributed by atoms with van der Waals surface area (Å²) in [6.07, 6.45) is -1.33. The molecule has 1 aliphatic rings. The van der Waals surface area contributed by atoms with Gasteiger partial charge in [-0.15, -0.1) is 0 Å². The standard InChI is InChI=1S/C19H34O5Si/c1-11(2)10-14(20)17-15(21)12(3)16(13(4)18(22)23-17)24-25(8,9)19(5,6)7/h10,12-13,15-17,21H,1-9H3/t12-,13+,15+,16-,17?/m0/s1. The molecule has 0 amide bonds. The topological polar surface area (TPSA) is 72.8 Å². The number of allylic oxidation sites excluding steroid dienone is 1. The van der Waals surface area contributed by atoms with Crippen LogP contribution in [0.4, 0.5) is 0 Å². The van der Waals surface area contributed by atoms with Crippen LogP contribution in [0.2, 0.25) is 18.1 Å². The highest BCUT2D eigenvalue weighted by atomic mass is 28.4. The third-order valence-electron chi connectivity index (χ3n) is 5.42. The first-order valence-electron chi connectivity index (χ1n) is 8.94. The van der Waals surface area contributed by atoms with Crippen molar-refractivity contribution in [1.82, 2.24) is 0 Å². The molecule has 0 saturated carbocycles. The van der Waals surface area contributed by atoms with Crippen LogP contribution in [0.5, 0.6) is 0 Å². The van der Waals surface area contributed by atoms with E-state index in [0.717, 1.165) is 5.57 Å². The highest BCUT2D eigenvalue weighted by Gasteiger charge is 2.49. The number of hydrogen-bond donors (Lipinski definition) is 1. The predicted octanol–water partition coefficient (Wildman–Crippen LogP) is 3.47. The Labute approximate surface area is 152 Å². The van der Waals surface area contributed by atoms with Gasteiger partial charge in [-0.2, -0.15) is 0 Å². The zero-order valence-electron chi connectivity index (χ0n) is 17.0. The number of ether oxygens (including phenoxy) is 1. The normalized spacial score (nSPS) is 31.1. The van der Waals surface area contributed by atoms with Gasteiger partial charge in [0.1, 0.15) is 6.10 Å². The van der Waals surface area contributed by atoms with E-state index in [-0.39, 0.29) is 10.8 Å². The summed E-state index contributed by atoms with van der Waals surface area (Å²) in [6.45, 7) is 17.8. The van der Waals surface area contributed by atoms with Gasteiger partial charge in [0.2, 0.25) is 0 Å². The maximum atomic E-state index is 12.5. The van der Waals surface area contributed by atoms with Gasteiger partial charge in [-0.3, -0.25) is 9.59 Å². The summed E-state index contributed by atoms with van der Waals surface area (Å²) in [6, 6.07) is 0. The van der Waals surface area contributed by atoms with Crippen LogP contribution < -0.4 is 0 Å². The number of cyclic esters (lactones) is 1. The average molecular weight is 371 g/mol. The highest BCUT2D eigenvalue weighted by Crippen LogP contribution is 2.40. The predicted molar refractivity (Wildman–Crippen MR) is 101 cm³/mol. The number of carbonyl (C=O) groups excluding carboxylic acids is 2. The summed E-state index contributed by atoms with van der Waals surface area (Å²) in [5.74, 6) is -1.81. The van der Waals surface area contributed by atoms with Gasteiger partial charge < -0.3 is 14.3 Å². The fraction of sp³-hybridized carbons (Fsp3) is 0.789. The molecule has 1 fully saturated rings. The van der Waals surface area contributed by atoms with Crippen LogP contribution in [0.3, 0.4) is 0 Å². The first kappa shape index (κ1) is 22.1. The van der Waals surface area contributed by atoms with Crippen LogP contribution in [0.15, 0.2) is 11.6 Å². The number of rotatable bonds is 4. The Kier molecular flexibility index (Phi) is 6.81. The van der Waals surface area contributed by atoms with Crippen LogP contribution in [0.25, 0.3) is 0 Å². The number of aliphatic hydroxyl groups excluding tert-OH is 1. The molecule has 6 heteroatoms. The first-order valence-corrected chi connectivity index (χ1v) is 11.8. The molecule has 0 aromatic carbocycles. The Hall–Kier alpha value is -0.983. The number of hydrogen-bond acceptors (Lipinski definition) is 5. The van der Waals surface area contributed by atoms with Crippen LogP contribution in [0, 0.1) is 11.8 Å². The Bertz CT molecular complexity index is 543. The van der Waals surface area contributed by atoms with Crippen molar-refractivity contribution in [2.75, 3.05) is 0 Å². The van der Waals surface area contributed by atoms with E-state index in [1.165, 1.54) is 6.08 Å². The van der Waals surface area contributed by atoms with Crippen molar-refractivity contribution in [3.8, 4) is 0 Å². The van der Waals surface area contributed by atoms with Gasteiger partial charge >= 0.3 is 5.97 Å². The van der Waals surface area contributed by atoms with Crippen molar-refractivity contribution in [3.63, 3.8) is 0 Å². The van der Waals surface area contributed by atoms with E-state index in [4.69, 9.17) is 9.16 Å². The number of esters is 1. The Morgan fingerprint density at radius 1 is 1.24 bits per heavy atom. The summed E-state index contributed by atoms with van der Waals surface area (Å²) in [5, 5.41) is 10.7. The minimum atomic E-state index is -2.15. The van der Waals surface area contributed by atoms with Crippen LogP contribution in [-0.4, -0.2) is 43.5 Å². The van der Waals surface area contributed by atoms with E-state index in [0.29, 0.717) is 0 Å². The molecule has 0 aliphatic carbocycles. The largest absolute Gasteiger partial charge is 0.451 e. The lowest BCUT2D eigenvalue weighted by Gasteiger charge is -2.42. The van der Waals surface area contributed by atoms with Crippen LogP contribution >= 0.6 is 0 Å². The minimum absolute atomic E-state index is 0.0229. The van der Waals surface area contributed by atoms with Crippen molar-refractivity contribution in [2.24, 2.45) is 11.8 Å². The van der Waals surface area contributed by atoms with Crippen LogP contribution in [0.1, 0.15) is 48.5 Å². The molecule has 0 aromatic rings. The molecule has 0 radical (unpaired) electrons. The molecule has 1 heterocycles. The van der Waals surface area contributed by atoms with Crippen molar-refractivity contribution in [1.29, 1.82) is 0 Å². The molecule has 1 aliphatic heterocycles. The third-order valence-corrected chi connectivity index (χ3v) is 9.90. The molecule has 1 rings (SSSR count). The fourth-order valence-electron chi connectivity index (χ4n) is 2.68. The smallest absolute Gasteiger partial charge is 0.312 e. The lowest BCUT2D eigenvalue weighted by atomic mass is 9.87. The monoisotopic (exact) mass is 370 g/mol. The summed E-state index contributed by atoms with van der Waals surface area (Å²) in [4.78, 5) is 24.9. The molecule has 1 unspecified atom stereocenters. The van der Waals surface area contributed by atoms with Gasteiger partial charge in [-0.1, -0.05) is 33.3 Å². The van der Waals surface area contributed by atoms with Gasteiger partial charge in [0.05, 0.1) is 12.0 Å². The van der Waals surface area contributed by atoms with E-state index >= 15 is 0 Å². The number of carbonyl (C=O) groups is 2.